The maximum absolute atomic E-state index is 12.1. The fourth-order valence-corrected chi connectivity index (χ4v) is 4.67. The number of nitrogens with two attached hydrogens (primary N) is 1. The Morgan fingerprint density at radius 2 is 1.12 bits per heavy atom. The van der Waals surface area contributed by atoms with Crippen LogP contribution in [-0.2, 0) is 66.6 Å². The third-order valence-electron chi connectivity index (χ3n) is 6.18. The van der Waals surface area contributed by atoms with Crippen LogP contribution in [0.2, 0.25) is 0 Å². The van der Waals surface area contributed by atoms with Gasteiger partial charge in [-0.05, 0) is 6.42 Å². The molecule has 2 rings (SSSR count). The lowest BCUT2D eigenvalue weighted by Gasteiger charge is -2.48. The lowest BCUT2D eigenvalue weighted by atomic mass is 9.88. The number of ether oxygens (including phenoxy) is 9. The predicted molar refractivity (Wildman–Crippen MR) is 131 cm³/mol. The monoisotopic (exact) mass is 591 g/mol. The molecular weight excluding hydrogens is 554 g/mol. The van der Waals surface area contributed by atoms with Gasteiger partial charge in [0.1, 0.15) is 18.8 Å². The topological polar surface area (TPSA) is 212 Å². The Kier molecular flexibility index (Phi) is 12.3. The van der Waals surface area contributed by atoms with Crippen molar-refractivity contribution < 1.29 is 71.4 Å². The summed E-state index contributed by atoms with van der Waals surface area (Å²) in [6.07, 6.45) is -13.0. The Labute approximate surface area is 236 Å². The molecule has 0 saturated carbocycles. The van der Waals surface area contributed by atoms with E-state index in [0.717, 1.165) is 27.7 Å². The highest BCUT2D eigenvalue weighted by Gasteiger charge is 2.56. The highest BCUT2D eigenvalue weighted by molar-refractivity contribution is 5.68. The number of primary amides is 1. The van der Waals surface area contributed by atoms with Gasteiger partial charge in [-0.2, -0.15) is 0 Å². The minimum absolute atomic E-state index is 0.461. The molecule has 2 aliphatic rings. The van der Waals surface area contributed by atoms with Crippen LogP contribution in [-0.4, -0.2) is 97.9 Å². The van der Waals surface area contributed by atoms with Crippen molar-refractivity contribution in [1.82, 2.24) is 0 Å². The smallest absolute Gasteiger partial charge is 0.405 e. The third-order valence-corrected chi connectivity index (χ3v) is 6.18. The van der Waals surface area contributed by atoms with Gasteiger partial charge in [-0.1, -0.05) is 13.8 Å². The molecular formula is C25H37NO15. The fourth-order valence-electron chi connectivity index (χ4n) is 4.67. The molecule has 16 nitrogen and oxygen atoms in total. The molecule has 2 saturated heterocycles. The van der Waals surface area contributed by atoms with Crippen LogP contribution < -0.4 is 5.73 Å². The van der Waals surface area contributed by atoms with Crippen LogP contribution in [0.5, 0.6) is 0 Å². The molecule has 0 aromatic heterocycles. The average Bonchev–Trinajstić information content (AvgIpc) is 2.83. The molecule has 16 heteroatoms. The van der Waals surface area contributed by atoms with E-state index in [-0.39, 0.29) is 0 Å². The number of hydrogen-bond acceptors (Lipinski definition) is 15. The summed E-state index contributed by atoms with van der Waals surface area (Å²) in [5.74, 6) is -4.33. The first kappa shape index (κ1) is 33.7. The molecule has 0 aromatic rings. The van der Waals surface area contributed by atoms with Gasteiger partial charge in [-0.25, -0.2) is 4.79 Å². The molecule has 41 heavy (non-hydrogen) atoms. The van der Waals surface area contributed by atoms with Crippen LogP contribution in [0.15, 0.2) is 0 Å². The largest absolute Gasteiger partial charge is 0.463 e. The molecule has 0 aliphatic carbocycles. The number of esters is 5. The van der Waals surface area contributed by atoms with Crippen LogP contribution in [0.25, 0.3) is 0 Å². The lowest BCUT2D eigenvalue weighted by Crippen LogP contribution is -2.65. The molecule has 0 radical (unpaired) electrons. The normalized spacial score (nSPS) is 33.0. The van der Waals surface area contributed by atoms with Crippen molar-refractivity contribution >= 4 is 35.9 Å². The third kappa shape index (κ3) is 9.54. The first-order valence-electron chi connectivity index (χ1n) is 12.9. The molecule has 2 aliphatic heterocycles. The second-order valence-electron chi connectivity index (χ2n) is 9.49. The average molecular weight is 592 g/mol. The molecule has 0 bridgehead atoms. The number of hydrogen-bond donors (Lipinski definition) is 1. The summed E-state index contributed by atoms with van der Waals surface area (Å²) >= 11 is 0. The van der Waals surface area contributed by atoms with Crippen LogP contribution >= 0.6 is 0 Å². The molecule has 232 valence electrons. The summed E-state index contributed by atoms with van der Waals surface area (Å²) in [6.45, 7) is 8.57. The summed E-state index contributed by atoms with van der Waals surface area (Å²) in [6, 6.07) is 0. The van der Waals surface area contributed by atoms with Gasteiger partial charge < -0.3 is 48.4 Å². The Hall–Kier alpha value is -3.50. The number of carbonyl (C=O) groups is 6. The zero-order valence-corrected chi connectivity index (χ0v) is 23.9. The number of amides is 1. The van der Waals surface area contributed by atoms with E-state index < -0.39 is 104 Å². The van der Waals surface area contributed by atoms with Crippen molar-refractivity contribution in [3.05, 3.63) is 0 Å². The van der Waals surface area contributed by atoms with Crippen molar-refractivity contribution in [2.24, 2.45) is 11.7 Å². The molecule has 2 heterocycles. The number of rotatable bonds is 10. The van der Waals surface area contributed by atoms with Crippen molar-refractivity contribution in [1.29, 1.82) is 0 Å². The molecule has 10 atom stereocenters. The Balaban J connectivity index is 2.61. The maximum Gasteiger partial charge on any atom is 0.405 e. The predicted octanol–water partition coefficient (Wildman–Crippen LogP) is 0.253. The molecule has 1 amide bonds. The minimum Gasteiger partial charge on any atom is -0.463 e. The first-order chi connectivity index (χ1) is 19.1. The van der Waals surface area contributed by atoms with Gasteiger partial charge in [0.2, 0.25) is 6.29 Å². The highest BCUT2D eigenvalue weighted by atomic mass is 16.8. The van der Waals surface area contributed by atoms with E-state index in [1.54, 1.807) is 6.92 Å². The molecule has 2 fully saturated rings. The first-order valence-corrected chi connectivity index (χ1v) is 12.9. The van der Waals surface area contributed by atoms with E-state index in [1.165, 1.54) is 6.92 Å². The second kappa shape index (κ2) is 14.9. The van der Waals surface area contributed by atoms with Crippen molar-refractivity contribution in [3.63, 3.8) is 0 Å². The van der Waals surface area contributed by atoms with Crippen LogP contribution in [0.4, 0.5) is 4.79 Å². The van der Waals surface area contributed by atoms with Crippen molar-refractivity contribution in [3.8, 4) is 0 Å². The number of carbonyl (C=O) groups excluding carboxylic acids is 6. The SMILES string of the molecule is CC[C@@H]1O[C@H](OC(C)=O)[C@@H](O[C@H]2O[C@H](COC(C)=O)[C@@H](OC(C)=O)[C@@H](OC(N)=O)[C@@H]2OC(C)=O)[C@@H](OC(C)=O)[C@@H]1C. The van der Waals surface area contributed by atoms with E-state index in [9.17, 15) is 28.8 Å². The molecule has 0 aromatic carbocycles. The van der Waals surface area contributed by atoms with E-state index in [2.05, 4.69) is 0 Å². The zero-order chi connectivity index (χ0) is 31.0. The fraction of sp³-hybridized carbons (Fsp3) is 0.760. The summed E-state index contributed by atoms with van der Waals surface area (Å²) in [5, 5.41) is 0. The standard InChI is InChI=1S/C25H37NO15/c1-8-16-10(2)18(34-12(4)28)21(23(38-16)37-15(7)31)40-24-22(36-14(6)30)20(41-25(26)32)19(35-13(5)29)17(39-24)9-33-11(3)27/h10,16-24H,8-9H2,1-7H3,(H2,26,32)/t10-,16+,17-,18+,19-,20-,21+,22+,23+,24-/m1/s1. The van der Waals surface area contributed by atoms with Gasteiger partial charge >= 0.3 is 35.9 Å². The van der Waals surface area contributed by atoms with Crippen molar-refractivity contribution in [2.75, 3.05) is 6.61 Å². The van der Waals surface area contributed by atoms with Gasteiger partial charge in [0.05, 0.1) is 6.10 Å². The van der Waals surface area contributed by atoms with E-state index in [0.29, 0.717) is 6.42 Å². The van der Waals surface area contributed by atoms with Gasteiger partial charge in [0.25, 0.3) is 0 Å². The Bertz CT molecular complexity index is 986. The quantitative estimate of drug-likeness (QED) is 0.266. The minimum atomic E-state index is -1.68. The van der Waals surface area contributed by atoms with E-state index in [1.807, 2.05) is 6.92 Å². The van der Waals surface area contributed by atoms with Crippen LogP contribution in [0, 0.1) is 5.92 Å². The summed E-state index contributed by atoms with van der Waals surface area (Å²) in [5.41, 5.74) is 5.27. The Morgan fingerprint density at radius 1 is 0.610 bits per heavy atom. The van der Waals surface area contributed by atoms with Gasteiger partial charge in [-0.3, -0.25) is 24.0 Å². The molecule has 0 unspecified atom stereocenters. The second-order valence-corrected chi connectivity index (χ2v) is 9.49. The zero-order valence-electron chi connectivity index (χ0n) is 23.9. The maximum atomic E-state index is 12.1. The van der Waals surface area contributed by atoms with Crippen molar-refractivity contribution in [2.45, 2.75) is 110 Å². The van der Waals surface area contributed by atoms with E-state index in [4.69, 9.17) is 48.4 Å². The Morgan fingerprint density at radius 3 is 1.61 bits per heavy atom. The lowest BCUT2D eigenvalue weighted by molar-refractivity contribution is -0.357. The van der Waals surface area contributed by atoms with Crippen LogP contribution in [0.1, 0.15) is 54.9 Å². The molecule has 0 spiro atoms. The van der Waals surface area contributed by atoms with Gasteiger partial charge in [0.15, 0.2) is 30.7 Å². The summed E-state index contributed by atoms with van der Waals surface area (Å²) < 4.78 is 49.8. The summed E-state index contributed by atoms with van der Waals surface area (Å²) in [7, 11) is 0. The van der Waals surface area contributed by atoms with Crippen LogP contribution in [0.3, 0.4) is 0 Å². The highest BCUT2D eigenvalue weighted by Crippen LogP contribution is 2.36. The van der Waals surface area contributed by atoms with Gasteiger partial charge in [0, 0.05) is 40.5 Å². The van der Waals surface area contributed by atoms with Gasteiger partial charge in [-0.15, -0.1) is 0 Å². The van der Waals surface area contributed by atoms with E-state index >= 15 is 0 Å². The summed E-state index contributed by atoms with van der Waals surface area (Å²) in [4.78, 5) is 71.5. The molecule has 2 N–H and O–H groups in total.